The Balaban J connectivity index is 1.87. The van der Waals surface area contributed by atoms with Gasteiger partial charge in [0.25, 0.3) is 5.91 Å². The molecule has 0 spiro atoms. The molecule has 120 valence electrons. The molecule has 2 atom stereocenters. The molecule has 1 aromatic rings. The van der Waals surface area contributed by atoms with Crippen LogP contribution in [0.15, 0.2) is 24.3 Å². The molecule has 0 aromatic heterocycles. The van der Waals surface area contributed by atoms with E-state index < -0.39 is 0 Å². The number of anilines is 1. The third-order valence-corrected chi connectivity index (χ3v) is 3.97. The van der Waals surface area contributed by atoms with Crippen molar-refractivity contribution in [1.82, 2.24) is 10.2 Å². The van der Waals surface area contributed by atoms with Gasteiger partial charge in [-0.2, -0.15) is 0 Å². The monoisotopic (exact) mass is 303 g/mol. The molecule has 2 rings (SSSR count). The van der Waals surface area contributed by atoms with Crippen molar-refractivity contribution in [2.24, 2.45) is 11.8 Å². The molecule has 1 heterocycles. The van der Waals surface area contributed by atoms with E-state index in [0.717, 1.165) is 18.8 Å². The number of hydrogen-bond donors (Lipinski definition) is 2. The summed E-state index contributed by atoms with van der Waals surface area (Å²) < 4.78 is 0. The Hall–Kier alpha value is -1.88. The van der Waals surface area contributed by atoms with Gasteiger partial charge in [0.15, 0.2) is 0 Å². The van der Waals surface area contributed by atoms with Gasteiger partial charge >= 0.3 is 0 Å². The number of nitrogens with one attached hydrogen (secondary N) is 2. The number of carbonyl (C=O) groups excluding carboxylic acids is 2. The second-order valence-electron chi connectivity index (χ2n) is 6.34. The van der Waals surface area contributed by atoms with Gasteiger partial charge in [-0.25, -0.2) is 0 Å². The molecule has 1 saturated heterocycles. The standard InChI is InChI=1S/C17H25N3O2/c1-12-8-13(2)10-20(9-12)11-16(21)19-15-6-4-14(5-7-15)17(22)18-3/h4-7,12-13H,8-11H2,1-3H3,(H,18,22)(H,19,21)/t12-,13-/m0/s1. The lowest BCUT2D eigenvalue weighted by Crippen LogP contribution is -2.42. The highest BCUT2D eigenvalue weighted by Gasteiger charge is 2.23. The van der Waals surface area contributed by atoms with Crippen LogP contribution in [0.2, 0.25) is 0 Å². The number of benzene rings is 1. The van der Waals surface area contributed by atoms with Gasteiger partial charge in [0.2, 0.25) is 5.91 Å². The highest BCUT2D eigenvalue weighted by Crippen LogP contribution is 2.20. The van der Waals surface area contributed by atoms with Crippen molar-refractivity contribution in [3.63, 3.8) is 0 Å². The molecule has 1 aromatic carbocycles. The summed E-state index contributed by atoms with van der Waals surface area (Å²) in [6, 6.07) is 6.92. The highest BCUT2D eigenvalue weighted by atomic mass is 16.2. The fraction of sp³-hybridized carbons (Fsp3) is 0.529. The van der Waals surface area contributed by atoms with Crippen LogP contribution in [0, 0.1) is 11.8 Å². The fourth-order valence-electron chi connectivity index (χ4n) is 3.17. The number of hydrogen-bond acceptors (Lipinski definition) is 3. The molecule has 5 heteroatoms. The lowest BCUT2D eigenvalue weighted by atomic mass is 9.92. The third kappa shape index (κ3) is 4.56. The summed E-state index contributed by atoms with van der Waals surface area (Å²) in [7, 11) is 1.60. The molecule has 0 saturated carbocycles. The van der Waals surface area contributed by atoms with Crippen LogP contribution in [0.25, 0.3) is 0 Å². The van der Waals surface area contributed by atoms with Crippen LogP contribution in [0.5, 0.6) is 0 Å². The second kappa shape index (κ2) is 7.40. The first kappa shape index (κ1) is 16.5. The van der Waals surface area contributed by atoms with E-state index in [1.165, 1.54) is 6.42 Å². The van der Waals surface area contributed by atoms with Crippen LogP contribution >= 0.6 is 0 Å². The van der Waals surface area contributed by atoms with Gasteiger partial charge in [0.1, 0.15) is 0 Å². The minimum atomic E-state index is -0.130. The van der Waals surface area contributed by atoms with Crippen LogP contribution in [0.4, 0.5) is 5.69 Å². The van der Waals surface area contributed by atoms with E-state index in [2.05, 4.69) is 29.4 Å². The van der Waals surface area contributed by atoms with Gasteiger partial charge in [-0.05, 0) is 42.5 Å². The van der Waals surface area contributed by atoms with Gasteiger partial charge < -0.3 is 10.6 Å². The van der Waals surface area contributed by atoms with Crippen LogP contribution < -0.4 is 10.6 Å². The Morgan fingerprint density at radius 2 is 1.73 bits per heavy atom. The average molecular weight is 303 g/mol. The number of amides is 2. The van der Waals surface area contributed by atoms with Crippen LogP contribution in [0.3, 0.4) is 0 Å². The predicted molar refractivity (Wildman–Crippen MR) is 87.8 cm³/mol. The van der Waals surface area contributed by atoms with E-state index in [1.807, 2.05) is 0 Å². The molecule has 0 aliphatic carbocycles. The first-order chi connectivity index (χ1) is 10.5. The maximum atomic E-state index is 12.1. The third-order valence-electron chi connectivity index (χ3n) is 3.97. The SMILES string of the molecule is CNC(=O)c1ccc(NC(=O)CN2C[C@@H](C)C[C@H](C)C2)cc1. The quantitative estimate of drug-likeness (QED) is 0.894. The van der Waals surface area contributed by atoms with Gasteiger partial charge in [0.05, 0.1) is 6.54 Å². The second-order valence-corrected chi connectivity index (χ2v) is 6.34. The lowest BCUT2D eigenvalue weighted by Gasteiger charge is -2.34. The van der Waals surface area contributed by atoms with Crippen molar-refractivity contribution in [3.8, 4) is 0 Å². The Kier molecular flexibility index (Phi) is 5.55. The molecule has 0 radical (unpaired) electrons. The first-order valence-electron chi connectivity index (χ1n) is 7.82. The topological polar surface area (TPSA) is 61.4 Å². The van der Waals surface area contributed by atoms with E-state index in [-0.39, 0.29) is 11.8 Å². The summed E-state index contributed by atoms with van der Waals surface area (Å²) in [6.45, 7) is 6.85. The predicted octanol–water partition coefficient (Wildman–Crippen LogP) is 1.96. The van der Waals surface area contributed by atoms with E-state index in [1.54, 1.807) is 31.3 Å². The minimum absolute atomic E-state index is 0.00556. The normalized spacial score (nSPS) is 22.1. The van der Waals surface area contributed by atoms with E-state index in [4.69, 9.17) is 0 Å². The molecular weight excluding hydrogens is 278 g/mol. The smallest absolute Gasteiger partial charge is 0.251 e. The minimum Gasteiger partial charge on any atom is -0.355 e. The maximum Gasteiger partial charge on any atom is 0.251 e. The van der Waals surface area contributed by atoms with Gasteiger partial charge in [-0.15, -0.1) is 0 Å². The molecule has 0 unspecified atom stereocenters. The molecular formula is C17H25N3O2. The number of likely N-dealkylation sites (tertiary alicyclic amines) is 1. The van der Waals surface area contributed by atoms with Crippen LogP contribution in [0.1, 0.15) is 30.6 Å². The molecule has 2 N–H and O–H groups in total. The summed E-state index contributed by atoms with van der Waals surface area (Å²) >= 11 is 0. The van der Waals surface area contributed by atoms with Crippen LogP contribution in [-0.4, -0.2) is 43.4 Å². The van der Waals surface area contributed by atoms with Crippen molar-refractivity contribution < 1.29 is 9.59 Å². The van der Waals surface area contributed by atoms with Crippen molar-refractivity contribution in [3.05, 3.63) is 29.8 Å². The first-order valence-corrected chi connectivity index (χ1v) is 7.82. The van der Waals surface area contributed by atoms with Crippen molar-refractivity contribution in [2.45, 2.75) is 20.3 Å². The summed E-state index contributed by atoms with van der Waals surface area (Å²) in [5, 5.41) is 5.46. The van der Waals surface area contributed by atoms with E-state index >= 15 is 0 Å². The summed E-state index contributed by atoms with van der Waals surface area (Å²) in [5.41, 5.74) is 1.30. The summed E-state index contributed by atoms with van der Waals surface area (Å²) in [5.74, 6) is 1.15. The molecule has 2 amide bonds. The number of carbonyl (C=O) groups is 2. The van der Waals surface area contributed by atoms with Crippen molar-refractivity contribution in [2.75, 3.05) is 32.0 Å². The Bertz CT molecular complexity index is 517. The van der Waals surface area contributed by atoms with Crippen LogP contribution in [-0.2, 0) is 4.79 Å². The molecule has 22 heavy (non-hydrogen) atoms. The Morgan fingerprint density at radius 3 is 2.27 bits per heavy atom. The highest BCUT2D eigenvalue weighted by molar-refractivity contribution is 5.96. The summed E-state index contributed by atoms with van der Waals surface area (Å²) in [4.78, 5) is 25.8. The number of rotatable bonds is 4. The van der Waals surface area contributed by atoms with Crippen molar-refractivity contribution >= 4 is 17.5 Å². The van der Waals surface area contributed by atoms with Gasteiger partial charge in [0, 0.05) is 31.4 Å². The maximum absolute atomic E-state index is 12.1. The van der Waals surface area contributed by atoms with E-state index in [9.17, 15) is 9.59 Å². The zero-order valence-corrected chi connectivity index (χ0v) is 13.6. The fourth-order valence-corrected chi connectivity index (χ4v) is 3.17. The lowest BCUT2D eigenvalue weighted by molar-refractivity contribution is -0.117. The largest absolute Gasteiger partial charge is 0.355 e. The number of nitrogens with zero attached hydrogens (tertiary/aromatic N) is 1. The molecule has 5 nitrogen and oxygen atoms in total. The molecule has 1 fully saturated rings. The zero-order valence-electron chi connectivity index (χ0n) is 13.6. The van der Waals surface area contributed by atoms with Crippen molar-refractivity contribution in [1.29, 1.82) is 0 Å². The Morgan fingerprint density at radius 1 is 1.14 bits per heavy atom. The molecule has 1 aliphatic rings. The zero-order chi connectivity index (χ0) is 16.1. The summed E-state index contributed by atoms with van der Waals surface area (Å²) in [6.07, 6.45) is 1.24. The number of piperidine rings is 1. The van der Waals surface area contributed by atoms with E-state index in [0.29, 0.717) is 23.9 Å². The Labute approximate surface area is 132 Å². The molecule has 1 aliphatic heterocycles. The molecule has 0 bridgehead atoms. The van der Waals surface area contributed by atoms with Gasteiger partial charge in [-0.1, -0.05) is 13.8 Å². The van der Waals surface area contributed by atoms with Gasteiger partial charge in [-0.3, -0.25) is 14.5 Å². The average Bonchev–Trinajstić information content (AvgIpc) is 2.46.